The number of methoxy groups -OCH3 is 1. The molecule has 35 heavy (non-hydrogen) atoms. The smallest absolute Gasteiger partial charge is 0.407 e. The average Bonchev–Trinajstić information content (AvgIpc) is 3.17. The molecule has 1 unspecified atom stereocenters. The molecule has 1 aliphatic heterocycles. The molecule has 9 nitrogen and oxygen atoms in total. The molecule has 194 valence electrons. The first-order chi connectivity index (χ1) is 16.6. The van der Waals surface area contributed by atoms with Crippen molar-refractivity contribution in [3.8, 4) is 0 Å². The molecule has 9 heteroatoms. The van der Waals surface area contributed by atoms with Gasteiger partial charge in [0.2, 0.25) is 5.82 Å². The summed E-state index contributed by atoms with van der Waals surface area (Å²) in [5.74, 6) is 0.434. The second-order valence-electron chi connectivity index (χ2n) is 11.0. The predicted molar refractivity (Wildman–Crippen MR) is 136 cm³/mol. The van der Waals surface area contributed by atoms with Gasteiger partial charge in [0, 0.05) is 39.5 Å². The summed E-state index contributed by atoms with van der Waals surface area (Å²) < 4.78 is 7.11. The maximum Gasteiger partial charge on any atom is 0.407 e. The van der Waals surface area contributed by atoms with Crippen LogP contribution in [0.5, 0.6) is 0 Å². The number of likely N-dealkylation sites (tertiary alicyclic amines) is 1. The summed E-state index contributed by atoms with van der Waals surface area (Å²) in [5, 5.41) is 9.98. The van der Waals surface area contributed by atoms with Crippen molar-refractivity contribution in [2.45, 2.75) is 78.9 Å². The highest BCUT2D eigenvalue weighted by Crippen LogP contribution is 2.36. The van der Waals surface area contributed by atoms with Crippen LogP contribution in [0.25, 0.3) is 11.2 Å². The lowest BCUT2D eigenvalue weighted by molar-refractivity contribution is -0.00722. The van der Waals surface area contributed by atoms with Crippen LogP contribution in [0, 0.1) is 11.3 Å². The first kappa shape index (κ1) is 26.9. The molecule has 3 heterocycles. The van der Waals surface area contributed by atoms with Crippen molar-refractivity contribution in [1.29, 1.82) is 0 Å². The minimum Gasteiger partial charge on any atom is -0.465 e. The topological polar surface area (TPSA) is 101 Å². The number of carboxylic acid groups (broad SMARTS) is 1. The van der Waals surface area contributed by atoms with Crippen molar-refractivity contribution in [1.82, 2.24) is 24.3 Å². The molecular weight excluding hydrogens is 446 g/mol. The summed E-state index contributed by atoms with van der Waals surface area (Å²) in [5.41, 5.74) is 1.05. The third-order valence-electron chi connectivity index (χ3n) is 6.63. The van der Waals surface area contributed by atoms with Crippen LogP contribution >= 0.6 is 0 Å². The van der Waals surface area contributed by atoms with Crippen LogP contribution in [-0.4, -0.2) is 80.3 Å². The van der Waals surface area contributed by atoms with Gasteiger partial charge in [-0.25, -0.2) is 14.8 Å². The number of hydrogen-bond donors (Lipinski definition) is 1. The summed E-state index contributed by atoms with van der Waals surface area (Å²) in [6, 6.07) is 3.16. The first-order valence-electron chi connectivity index (χ1n) is 12.7. The van der Waals surface area contributed by atoms with Gasteiger partial charge in [0.15, 0.2) is 5.65 Å². The maximum atomic E-state index is 14.2. The van der Waals surface area contributed by atoms with E-state index in [1.165, 1.54) is 4.90 Å². The average molecular weight is 488 g/mol. The molecule has 2 aromatic rings. The zero-order valence-electron chi connectivity index (χ0n) is 22.0. The Morgan fingerprint density at radius 3 is 2.66 bits per heavy atom. The summed E-state index contributed by atoms with van der Waals surface area (Å²) in [7, 11) is 1.68. The van der Waals surface area contributed by atoms with Crippen molar-refractivity contribution in [2.75, 3.05) is 26.8 Å². The summed E-state index contributed by atoms with van der Waals surface area (Å²) in [4.78, 5) is 39.1. The molecule has 1 saturated heterocycles. The van der Waals surface area contributed by atoms with Crippen molar-refractivity contribution >= 4 is 23.2 Å². The summed E-state index contributed by atoms with van der Waals surface area (Å²) in [6.07, 6.45) is 3.98. The number of carbonyl (C=O) groups is 2. The normalized spacial score (nSPS) is 18.9. The fourth-order valence-electron chi connectivity index (χ4n) is 5.30. The number of piperidine rings is 1. The van der Waals surface area contributed by atoms with Crippen LogP contribution in [0.3, 0.4) is 0 Å². The van der Waals surface area contributed by atoms with E-state index in [0.717, 1.165) is 25.7 Å². The SMILES string of the molecule is COCCCCn1c(C(=O)N(CC(C)C)[C@H]2CCCN(C(=O)O)C2C(C)(C)C)nc2cccnc21. The van der Waals surface area contributed by atoms with E-state index in [1.54, 1.807) is 13.3 Å². The molecule has 1 N–H and O–H groups in total. The van der Waals surface area contributed by atoms with Gasteiger partial charge in [0.05, 0.1) is 12.1 Å². The Labute approximate surface area is 208 Å². The Morgan fingerprint density at radius 2 is 2.03 bits per heavy atom. The molecule has 1 fully saturated rings. The number of unbranched alkanes of at least 4 members (excludes halogenated alkanes) is 1. The lowest BCUT2D eigenvalue weighted by atomic mass is 9.77. The number of nitrogens with zero attached hydrogens (tertiary/aromatic N) is 5. The lowest BCUT2D eigenvalue weighted by Gasteiger charge is -2.50. The summed E-state index contributed by atoms with van der Waals surface area (Å²) in [6.45, 7) is 12.6. The van der Waals surface area contributed by atoms with E-state index in [9.17, 15) is 14.7 Å². The molecule has 0 saturated carbocycles. The van der Waals surface area contributed by atoms with Gasteiger partial charge >= 0.3 is 6.09 Å². The Bertz CT molecular complexity index is 1010. The van der Waals surface area contributed by atoms with Gasteiger partial charge in [-0.15, -0.1) is 0 Å². The largest absolute Gasteiger partial charge is 0.465 e. The second kappa shape index (κ2) is 11.4. The van der Waals surface area contributed by atoms with Gasteiger partial charge in [0.1, 0.15) is 5.52 Å². The van der Waals surface area contributed by atoms with Gasteiger partial charge < -0.3 is 24.2 Å². The first-order valence-corrected chi connectivity index (χ1v) is 12.7. The van der Waals surface area contributed by atoms with Crippen molar-refractivity contribution in [2.24, 2.45) is 11.3 Å². The molecule has 2 amide bonds. The van der Waals surface area contributed by atoms with Crippen LogP contribution in [0.4, 0.5) is 4.79 Å². The number of aromatic nitrogens is 3. The Morgan fingerprint density at radius 1 is 1.29 bits per heavy atom. The molecule has 2 atom stereocenters. The number of fused-ring (bicyclic) bond motifs is 1. The summed E-state index contributed by atoms with van der Waals surface area (Å²) >= 11 is 0. The van der Waals surface area contributed by atoms with E-state index in [0.29, 0.717) is 43.2 Å². The molecule has 0 spiro atoms. The molecule has 1 aliphatic rings. The highest BCUT2D eigenvalue weighted by Gasteiger charge is 2.46. The van der Waals surface area contributed by atoms with E-state index >= 15 is 0 Å². The molecule has 0 aliphatic carbocycles. The Kier molecular flexibility index (Phi) is 8.74. The van der Waals surface area contributed by atoms with Crippen LogP contribution in [0.15, 0.2) is 18.3 Å². The van der Waals surface area contributed by atoms with E-state index in [4.69, 9.17) is 9.72 Å². The minimum absolute atomic E-state index is 0.157. The zero-order chi connectivity index (χ0) is 25.8. The van der Waals surface area contributed by atoms with Crippen molar-refractivity contribution in [3.63, 3.8) is 0 Å². The molecule has 0 bridgehead atoms. The quantitative estimate of drug-likeness (QED) is 0.522. The molecule has 3 rings (SSSR count). The van der Waals surface area contributed by atoms with Crippen molar-refractivity contribution in [3.05, 3.63) is 24.2 Å². The molecule has 0 aromatic carbocycles. The molecule has 0 radical (unpaired) electrons. The van der Waals surface area contributed by atoms with E-state index in [1.807, 2.05) is 21.6 Å². The highest BCUT2D eigenvalue weighted by atomic mass is 16.5. The van der Waals surface area contributed by atoms with Crippen LogP contribution in [-0.2, 0) is 11.3 Å². The van der Waals surface area contributed by atoms with Crippen LogP contribution in [0.1, 0.15) is 70.9 Å². The zero-order valence-corrected chi connectivity index (χ0v) is 22.0. The fraction of sp³-hybridized carbons (Fsp3) is 0.692. The maximum absolute atomic E-state index is 14.2. The Balaban J connectivity index is 2.05. The number of ether oxygens (including phenoxy) is 1. The fourth-order valence-corrected chi connectivity index (χ4v) is 5.30. The standard InChI is InChI=1S/C26H41N5O4/c1-18(2)17-31(20-12-10-15-29(25(33)34)21(20)26(3,4)5)24(32)23-28-19-11-9-13-27-22(19)30(23)14-7-8-16-35-6/h9,11,13,18,20-21H,7-8,10,12,14-17H2,1-6H3,(H,33,34)/t20-,21?/m0/s1. The number of rotatable bonds is 9. The van der Waals surface area contributed by atoms with Gasteiger partial charge in [-0.3, -0.25) is 4.79 Å². The van der Waals surface area contributed by atoms with Gasteiger partial charge in [0.25, 0.3) is 5.91 Å². The van der Waals surface area contributed by atoms with Crippen molar-refractivity contribution < 1.29 is 19.4 Å². The van der Waals surface area contributed by atoms with E-state index < -0.39 is 6.09 Å². The van der Waals surface area contributed by atoms with Gasteiger partial charge in [-0.2, -0.15) is 0 Å². The third-order valence-corrected chi connectivity index (χ3v) is 6.63. The number of carbonyl (C=O) groups excluding carboxylic acids is 1. The molecule has 2 aromatic heterocycles. The van der Waals surface area contributed by atoms with E-state index in [2.05, 4.69) is 39.6 Å². The lowest BCUT2D eigenvalue weighted by Crippen LogP contribution is -2.63. The molecular formula is C26H41N5O4. The van der Waals surface area contributed by atoms with E-state index in [-0.39, 0.29) is 29.3 Å². The van der Waals surface area contributed by atoms with Gasteiger partial charge in [-0.1, -0.05) is 34.6 Å². The van der Waals surface area contributed by atoms with Gasteiger partial charge in [-0.05, 0) is 49.1 Å². The Hall–Kier alpha value is -2.68. The predicted octanol–water partition coefficient (Wildman–Crippen LogP) is 4.51. The van der Waals surface area contributed by atoms with Crippen LogP contribution < -0.4 is 0 Å². The second-order valence-corrected chi connectivity index (χ2v) is 11.0. The monoisotopic (exact) mass is 487 g/mol. The van der Waals surface area contributed by atoms with Crippen LogP contribution in [0.2, 0.25) is 0 Å². The highest BCUT2D eigenvalue weighted by molar-refractivity contribution is 5.94. The number of pyridine rings is 1. The third kappa shape index (κ3) is 6.12. The number of amides is 2. The number of hydrogen-bond acceptors (Lipinski definition) is 5. The number of imidazole rings is 1. The number of aryl methyl sites for hydroxylation is 1. The minimum atomic E-state index is -0.929.